The van der Waals surface area contributed by atoms with E-state index in [0.717, 1.165) is 23.6 Å². The summed E-state index contributed by atoms with van der Waals surface area (Å²) < 4.78 is 27.4. The van der Waals surface area contributed by atoms with Crippen molar-refractivity contribution in [1.82, 2.24) is 4.31 Å². The fourth-order valence-electron chi connectivity index (χ4n) is 3.87. The van der Waals surface area contributed by atoms with E-state index in [1.54, 1.807) is 12.1 Å². The first kappa shape index (κ1) is 16.0. The van der Waals surface area contributed by atoms with E-state index in [1.807, 2.05) is 6.07 Å². The zero-order valence-corrected chi connectivity index (χ0v) is 13.4. The molecular formula is C16H18N2O4S. The number of sulfonamides is 1. The van der Waals surface area contributed by atoms with Gasteiger partial charge in [0.1, 0.15) is 12.1 Å². The van der Waals surface area contributed by atoms with Crippen molar-refractivity contribution in [2.24, 2.45) is 5.92 Å². The first-order valence-electron chi connectivity index (χ1n) is 7.72. The van der Waals surface area contributed by atoms with E-state index in [2.05, 4.69) is 0 Å². The summed E-state index contributed by atoms with van der Waals surface area (Å²) in [5.41, 5.74) is 0.0518. The minimum Gasteiger partial charge on any atom is -0.480 e. The van der Waals surface area contributed by atoms with Gasteiger partial charge < -0.3 is 5.11 Å². The van der Waals surface area contributed by atoms with Gasteiger partial charge in [-0.3, -0.25) is 4.79 Å². The Labute approximate surface area is 135 Å². The fourth-order valence-corrected chi connectivity index (χ4v) is 5.89. The monoisotopic (exact) mass is 334 g/mol. The SMILES string of the molecule is N#Cc1ccccc1S(=O)(=O)N1[C@@H](C(=O)O)C[C@H]2CCCC[C@H]21. The van der Waals surface area contributed by atoms with Gasteiger partial charge >= 0.3 is 5.97 Å². The molecule has 1 aromatic rings. The first-order chi connectivity index (χ1) is 11.0. The van der Waals surface area contributed by atoms with Crippen LogP contribution in [0.2, 0.25) is 0 Å². The lowest BCUT2D eigenvalue weighted by molar-refractivity contribution is -0.141. The molecule has 1 aliphatic carbocycles. The standard InChI is InChI=1S/C16H18N2O4S/c17-10-12-6-2-4-8-15(12)23(21,22)18-13-7-3-1-5-11(13)9-14(18)16(19)20/h2,4,6,8,11,13-14H,1,3,5,7,9H2,(H,19,20)/t11-,13-,14-/m1/s1. The van der Waals surface area contributed by atoms with Gasteiger partial charge in [-0.05, 0) is 37.3 Å². The second-order valence-corrected chi connectivity index (χ2v) is 7.96. The van der Waals surface area contributed by atoms with E-state index in [0.29, 0.717) is 12.8 Å². The molecule has 1 N–H and O–H groups in total. The summed E-state index contributed by atoms with van der Waals surface area (Å²) in [6, 6.07) is 6.54. The van der Waals surface area contributed by atoms with Crippen molar-refractivity contribution in [1.29, 1.82) is 5.26 Å². The molecule has 23 heavy (non-hydrogen) atoms. The lowest BCUT2D eigenvalue weighted by atomic mass is 9.85. The summed E-state index contributed by atoms with van der Waals surface area (Å²) in [7, 11) is -4.02. The van der Waals surface area contributed by atoms with Gasteiger partial charge in [-0.25, -0.2) is 8.42 Å². The second kappa shape index (κ2) is 5.95. The summed E-state index contributed by atoms with van der Waals surface area (Å²) in [4.78, 5) is 11.5. The zero-order chi connectivity index (χ0) is 16.6. The number of aliphatic carboxylic acids is 1. The summed E-state index contributed by atoms with van der Waals surface area (Å²) >= 11 is 0. The van der Waals surface area contributed by atoms with Crippen LogP contribution in [-0.4, -0.2) is 35.9 Å². The van der Waals surface area contributed by atoms with E-state index in [1.165, 1.54) is 12.1 Å². The predicted molar refractivity (Wildman–Crippen MR) is 82.0 cm³/mol. The normalized spacial score (nSPS) is 28.0. The van der Waals surface area contributed by atoms with Crippen LogP contribution in [0.15, 0.2) is 29.2 Å². The van der Waals surface area contributed by atoms with E-state index < -0.39 is 22.0 Å². The smallest absolute Gasteiger partial charge is 0.322 e. The highest BCUT2D eigenvalue weighted by Gasteiger charge is 2.51. The molecule has 7 heteroatoms. The topological polar surface area (TPSA) is 98.5 Å². The number of hydrogen-bond donors (Lipinski definition) is 1. The molecule has 0 radical (unpaired) electrons. The Hall–Kier alpha value is -1.91. The maximum atomic E-state index is 13.1. The number of nitriles is 1. The van der Waals surface area contributed by atoms with Crippen molar-refractivity contribution < 1.29 is 18.3 Å². The fraction of sp³-hybridized carbons (Fsp3) is 0.500. The first-order valence-corrected chi connectivity index (χ1v) is 9.16. The zero-order valence-electron chi connectivity index (χ0n) is 12.6. The summed E-state index contributed by atoms with van der Waals surface area (Å²) in [5, 5.41) is 18.7. The van der Waals surface area contributed by atoms with Gasteiger partial charge in [0, 0.05) is 6.04 Å². The highest BCUT2D eigenvalue weighted by molar-refractivity contribution is 7.89. The Kier molecular flexibility index (Phi) is 4.13. The van der Waals surface area contributed by atoms with Gasteiger partial charge in [0.25, 0.3) is 0 Å². The molecule has 1 aliphatic heterocycles. The van der Waals surface area contributed by atoms with Crippen LogP contribution >= 0.6 is 0 Å². The number of carboxylic acid groups (broad SMARTS) is 1. The minimum atomic E-state index is -4.02. The summed E-state index contributed by atoms with van der Waals surface area (Å²) in [6.45, 7) is 0. The number of rotatable bonds is 3. The average Bonchev–Trinajstić information content (AvgIpc) is 2.95. The van der Waals surface area contributed by atoms with Gasteiger partial charge in [-0.1, -0.05) is 25.0 Å². The molecular weight excluding hydrogens is 316 g/mol. The molecule has 1 aromatic carbocycles. The molecule has 3 rings (SSSR count). The number of carboxylic acids is 1. The Morgan fingerprint density at radius 3 is 2.65 bits per heavy atom. The van der Waals surface area contributed by atoms with E-state index in [4.69, 9.17) is 0 Å². The molecule has 6 nitrogen and oxygen atoms in total. The molecule has 1 saturated heterocycles. The maximum absolute atomic E-state index is 13.1. The van der Waals surface area contributed by atoms with Gasteiger partial charge in [-0.15, -0.1) is 0 Å². The third-order valence-corrected chi connectivity index (χ3v) is 6.87. The van der Waals surface area contributed by atoms with Crippen LogP contribution in [0.5, 0.6) is 0 Å². The van der Waals surface area contributed by atoms with Crippen molar-refractivity contribution in [3.8, 4) is 6.07 Å². The third-order valence-electron chi connectivity index (χ3n) is 4.88. The lowest BCUT2D eigenvalue weighted by Crippen LogP contribution is -2.46. The Bertz CT molecular complexity index is 769. The van der Waals surface area contributed by atoms with Gasteiger partial charge in [0.05, 0.1) is 10.5 Å². The quantitative estimate of drug-likeness (QED) is 0.911. The molecule has 2 fully saturated rings. The molecule has 0 unspecified atom stereocenters. The number of hydrogen-bond acceptors (Lipinski definition) is 4. The molecule has 1 heterocycles. The highest BCUT2D eigenvalue weighted by Crippen LogP contribution is 2.43. The van der Waals surface area contributed by atoms with Crippen molar-refractivity contribution >= 4 is 16.0 Å². The van der Waals surface area contributed by atoms with Crippen LogP contribution in [0.3, 0.4) is 0 Å². The summed E-state index contributed by atoms with van der Waals surface area (Å²) in [5.74, 6) is -1.02. The number of carbonyl (C=O) groups is 1. The van der Waals surface area contributed by atoms with E-state index in [9.17, 15) is 23.6 Å². The van der Waals surface area contributed by atoms with E-state index >= 15 is 0 Å². The van der Waals surface area contributed by atoms with E-state index in [-0.39, 0.29) is 22.4 Å². The van der Waals surface area contributed by atoms with Crippen LogP contribution in [0.4, 0.5) is 0 Å². The van der Waals surface area contributed by atoms with Crippen LogP contribution in [0.1, 0.15) is 37.7 Å². The van der Waals surface area contributed by atoms with Crippen LogP contribution in [0.25, 0.3) is 0 Å². The molecule has 1 saturated carbocycles. The minimum absolute atomic E-state index is 0.0518. The number of fused-ring (bicyclic) bond motifs is 1. The largest absolute Gasteiger partial charge is 0.480 e. The molecule has 0 aromatic heterocycles. The summed E-state index contributed by atoms with van der Waals surface area (Å²) in [6.07, 6.45) is 3.81. The molecule has 0 bridgehead atoms. The number of benzene rings is 1. The van der Waals surface area contributed by atoms with Gasteiger partial charge in [0.2, 0.25) is 10.0 Å². The van der Waals surface area contributed by atoms with Gasteiger partial charge in [0.15, 0.2) is 0 Å². The lowest BCUT2D eigenvalue weighted by Gasteiger charge is -2.32. The Balaban J connectivity index is 2.09. The number of nitrogens with zero attached hydrogens (tertiary/aromatic N) is 2. The van der Waals surface area contributed by atoms with Crippen molar-refractivity contribution in [3.05, 3.63) is 29.8 Å². The van der Waals surface area contributed by atoms with Crippen LogP contribution in [-0.2, 0) is 14.8 Å². The van der Waals surface area contributed by atoms with Crippen molar-refractivity contribution in [2.75, 3.05) is 0 Å². The molecule has 3 atom stereocenters. The van der Waals surface area contributed by atoms with Crippen LogP contribution < -0.4 is 0 Å². The third kappa shape index (κ3) is 2.62. The molecule has 0 spiro atoms. The molecule has 122 valence electrons. The maximum Gasteiger partial charge on any atom is 0.322 e. The average molecular weight is 334 g/mol. The molecule has 2 aliphatic rings. The highest BCUT2D eigenvalue weighted by atomic mass is 32.2. The Morgan fingerprint density at radius 1 is 1.26 bits per heavy atom. The van der Waals surface area contributed by atoms with Crippen LogP contribution in [0, 0.1) is 17.2 Å². The van der Waals surface area contributed by atoms with Crippen molar-refractivity contribution in [3.63, 3.8) is 0 Å². The predicted octanol–water partition coefficient (Wildman–Crippen LogP) is 1.96. The second-order valence-electron chi connectivity index (χ2n) is 6.14. The van der Waals surface area contributed by atoms with Gasteiger partial charge in [-0.2, -0.15) is 9.57 Å². The Morgan fingerprint density at radius 2 is 1.96 bits per heavy atom. The molecule has 0 amide bonds. The van der Waals surface area contributed by atoms with Crippen molar-refractivity contribution in [2.45, 2.75) is 49.1 Å².